The van der Waals surface area contributed by atoms with Crippen LogP contribution in [0.25, 0.3) is 0 Å². The first-order chi connectivity index (χ1) is 12.8. The number of fused-ring (bicyclic) bond motifs is 1. The Morgan fingerprint density at radius 1 is 1.37 bits per heavy atom. The van der Waals surface area contributed by atoms with Crippen LogP contribution in [0.4, 0.5) is 0 Å². The van der Waals surface area contributed by atoms with Crippen molar-refractivity contribution in [3.8, 4) is 0 Å². The molecule has 5 heteroatoms. The second-order valence-corrected chi connectivity index (χ2v) is 9.21. The summed E-state index contributed by atoms with van der Waals surface area (Å²) in [6, 6.07) is 1.95. The van der Waals surface area contributed by atoms with E-state index in [1.807, 2.05) is 6.07 Å². The molecule has 1 saturated carbocycles. The molecule has 1 spiro atoms. The molecule has 5 rings (SSSR count). The lowest BCUT2D eigenvalue weighted by Gasteiger charge is -2.65. The number of allylic oxidation sites excluding steroid dienone is 1. The van der Waals surface area contributed by atoms with Gasteiger partial charge >= 0.3 is 5.97 Å². The van der Waals surface area contributed by atoms with Crippen molar-refractivity contribution < 1.29 is 23.4 Å². The summed E-state index contributed by atoms with van der Waals surface area (Å²) in [5.74, 6) is -0.665. The molecule has 0 aromatic carbocycles. The summed E-state index contributed by atoms with van der Waals surface area (Å²) in [5.41, 5.74) is 1.27. The summed E-state index contributed by atoms with van der Waals surface area (Å²) in [5, 5.41) is 0. The first kappa shape index (κ1) is 17.5. The molecule has 2 bridgehead atoms. The van der Waals surface area contributed by atoms with Gasteiger partial charge in [-0.2, -0.15) is 0 Å². The molecule has 6 unspecified atom stereocenters. The van der Waals surface area contributed by atoms with E-state index in [0.717, 1.165) is 31.2 Å². The van der Waals surface area contributed by atoms with E-state index < -0.39 is 16.8 Å². The molecule has 2 saturated heterocycles. The van der Waals surface area contributed by atoms with Crippen molar-refractivity contribution in [1.29, 1.82) is 0 Å². The van der Waals surface area contributed by atoms with Crippen molar-refractivity contribution >= 4 is 5.97 Å². The Morgan fingerprint density at radius 3 is 2.89 bits per heavy atom. The molecule has 3 heterocycles. The van der Waals surface area contributed by atoms with Crippen LogP contribution in [0.15, 0.2) is 34.7 Å². The van der Waals surface area contributed by atoms with E-state index in [2.05, 4.69) is 26.8 Å². The number of carbonyl (C=O) groups is 1. The molecule has 6 atom stereocenters. The third-order valence-corrected chi connectivity index (χ3v) is 8.24. The van der Waals surface area contributed by atoms with E-state index in [9.17, 15) is 4.79 Å². The lowest BCUT2D eigenvalue weighted by Crippen LogP contribution is -2.72. The fourth-order valence-electron chi connectivity index (χ4n) is 6.79. The number of esters is 1. The van der Waals surface area contributed by atoms with Gasteiger partial charge in [-0.15, -0.1) is 0 Å². The van der Waals surface area contributed by atoms with Crippen LogP contribution in [0.1, 0.15) is 58.9 Å². The topological polar surface area (TPSA) is 57.9 Å². The summed E-state index contributed by atoms with van der Waals surface area (Å²) >= 11 is 0. The van der Waals surface area contributed by atoms with Gasteiger partial charge < -0.3 is 18.6 Å². The average Bonchev–Trinajstić information content (AvgIpc) is 3.21. The van der Waals surface area contributed by atoms with E-state index in [-0.39, 0.29) is 17.5 Å². The Morgan fingerprint density at radius 2 is 2.19 bits per heavy atom. The number of hydrogen-bond acceptors (Lipinski definition) is 5. The molecule has 0 amide bonds. The third-order valence-electron chi connectivity index (χ3n) is 8.24. The van der Waals surface area contributed by atoms with Crippen molar-refractivity contribution in [2.45, 2.75) is 70.9 Å². The quantitative estimate of drug-likeness (QED) is 0.571. The molecular weight excluding hydrogens is 344 g/mol. The summed E-state index contributed by atoms with van der Waals surface area (Å²) in [7, 11) is 0. The molecule has 27 heavy (non-hydrogen) atoms. The highest BCUT2D eigenvalue weighted by molar-refractivity contribution is 5.66. The van der Waals surface area contributed by atoms with Crippen LogP contribution in [0.3, 0.4) is 0 Å². The number of rotatable bonds is 2. The number of hydrogen-bond donors (Lipinski definition) is 0. The number of ether oxygens (including phenoxy) is 3. The van der Waals surface area contributed by atoms with Crippen LogP contribution in [0, 0.1) is 16.7 Å². The lowest BCUT2D eigenvalue weighted by atomic mass is 9.44. The standard InChI is InChI=1S/C22H28O5/c1-14-6-5-8-22-19(4)12-21(27-22,17-7-9-24-11-17)25-13-20(14,22)18(10-15(19)2)26-16(3)23/h6-7,9,11,15,18H,5,8,10,12-13H2,1-4H3. The molecular formula is C22H28O5. The predicted octanol–water partition coefficient (Wildman–Crippen LogP) is 4.33. The molecule has 2 aliphatic carbocycles. The molecule has 146 valence electrons. The minimum atomic E-state index is -0.776. The van der Waals surface area contributed by atoms with Gasteiger partial charge in [0.2, 0.25) is 0 Å². The average molecular weight is 372 g/mol. The SMILES string of the molecule is CC(=O)OC1CC(C)C2(C)CC3(c4ccoc4)OCC14C(C)=CCCC24O3. The van der Waals surface area contributed by atoms with Crippen LogP contribution >= 0.6 is 0 Å². The third kappa shape index (κ3) is 1.85. The van der Waals surface area contributed by atoms with E-state index >= 15 is 0 Å². The van der Waals surface area contributed by atoms with Crippen molar-refractivity contribution in [3.05, 3.63) is 35.8 Å². The zero-order chi connectivity index (χ0) is 19.1. The minimum absolute atomic E-state index is 0.0764. The Hall–Kier alpha value is -1.59. The second-order valence-electron chi connectivity index (χ2n) is 9.21. The molecule has 2 aliphatic heterocycles. The summed E-state index contributed by atoms with van der Waals surface area (Å²) in [6.07, 6.45) is 9.00. The smallest absolute Gasteiger partial charge is 0.302 e. The van der Waals surface area contributed by atoms with Gasteiger partial charge in [-0.3, -0.25) is 4.79 Å². The zero-order valence-corrected chi connectivity index (χ0v) is 16.5. The van der Waals surface area contributed by atoms with Crippen molar-refractivity contribution in [2.75, 3.05) is 6.61 Å². The van der Waals surface area contributed by atoms with Gasteiger partial charge in [-0.1, -0.05) is 25.5 Å². The van der Waals surface area contributed by atoms with Gasteiger partial charge in [-0.05, 0) is 38.2 Å². The monoisotopic (exact) mass is 372 g/mol. The van der Waals surface area contributed by atoms with Gasteiger partial charge in [0, 0.05) is 24.3 Å². The van der Waals surface area contributed by atoms with Crippen molar-refractivity contribution in [1.82, 2.24) is 0 Å². The van der Waals surface area contributed by atoms with Crippen molar-refractivity contribution in [3.63, 3.8) is 0 Å². The van der Waals surface area contributed by atoms with E-state index in [4.69, 9.17) is 18.6 Å². The molecule has 1 aromatic rings. The molecule has 5 nitrogen and oxygen atoms in total. The maximum absolute atomic E-state index is 12.0. The van der Waals surface area contributed by atoms with Crippen LogP contribution in [0.2, 0.25) is 0 Å². The maximum Gasteiger partial charge on any atom is 0.302 e. The van der Waals surface area contributed by atoms with Crippen LogP contribution in [0.5, 0.6) is 0 Å². The second kappa shape index (κ2) is 5.26. The zero-order valence-electron chi connectivity index (χ0n) is 16.5. The van der Waals surface area contributed by atoms with Gasteiger partial charge in [-0.25, -0.2) is 0 Å². The first-order valence-electron chi connectivity index (χ1n) is 10.0. The molecule has 4 aliphatic rings. The van der Waals surface area contributed by atoms with E-state index in [1.165, 1.54) is 12.5 Å². The van der Waals surface area contributed by atoms with E-state index in [1.54, 1.807) is 12.5 Å². The highest BCUT2D eigenvalue weighted by Crippen LogP contribution is 2.75. The molecule has 0 N–H and O–H groups in total. The Balaban J connectivity index is 1.73. The largest absolute Gasteiger partial charge is 0.472 e. The molecule has 0 radical (unpaired) electrons. The Bertz CT molecular complexity index is 813. The van der Waals surface area contributed by atoms with E-state index in [0.29, 0.717) is 12.5 Å². The number of furan rings is 1. The van der Waals surface area contributed by atoms with Crippen LogP contribution < -0.4 is 0 Å². The lowest BCUT2D eigenvalue weighted by molar-refractivity contribution is -0.370. The highest BCUT2D eigenvalue weighted by Gasteiger charge is 2.80. The van der Waals surface area contributed by atoms with Gasteiger partial charge in [0.1, 0.15) is 6.10 Å². The van der Waals surface area contributed by atoms with Crippen molar-refractivity contribution in [2.24, 2.45) is 16.7 Å². The van der Waals surface area contributed by atoms with Gasteiger partial charge in [0.05, 0.1) is 30.1 Å². The summed E-state index contributed by atoms with van der Waals surface area (Å²) in [4.78, 5) is 12.0. The Kier molecular flexibility index (Phi) is 3.41. The fraction of sp³-hybridized carbons (Fsp3) is 0.682. The predicted molar refractivity (Wildman–Crippen MR) is 97.6 cm³/mol. The Labute approximate surface area is 160 Å². The minimum Gasteiger partial charge on any atom is -0.472 e. The van der Waals surface area contributed by atoms with Crippen LogP contribution in [-0.4, -0.2) is 24.3 Å². The summed E-state index contributed by atoms with van der Waals surface area (Å²) in [6.45, 7) is 8.78. The number of carbonyl (C=O) groups excluding carboxylic acids is 1. The first-order valence-corrected chi connectivity index (χ1v) is 10.0. The van der Waals surface area contributed by atoms with Gasteiger partial charge in [0.25, 0.3) is 0 Å². The summed E-state index contributed by atoms with van der Waals surface area (Å²) < 4.78 is 24.9. The van der Waals surface area contributed by atoms with Gasteiger partial charge in [0.15, 0.2) is 5.79 Å². The van der Waals surface area contributed by atoms with Crippen LogP contribution in [-0.2, 0) is 24.8 Å². The maximum atomic E-state index is 12.0. The highest BCUT2D eigenvalue weighted by atomic mass is 16.7. The fourth-order valence-corrected chi connectivity index (χ4v) is 6.79. The molecule has 1 aromatic heterocycles. The normalized spacial score (nSPS) is 47.9. The molecule has 3 fully saturated rings.